The first-order valence-electron chi connectivity index (χ1n) is 38.7. The van der Waals surface area contributed by atoms with E-state index in [0.717, 1.165) is 89.9 Å². The fraction of sp³-hybridized carbons (Fsp3) is 0.959. The number of aliphatic hydroxyl groups is 10. The van der Waals surface area contributed by atoms with Crippen molar-refractivity contribution >= 4 is 25.7 Å². The zero-order valence-electron chi connectivity index (χ0n) is 60.5. The molecule has 578 valence electrons. The van der Waals surface area contributed by atoms with E-state index < -0.39 is 156 Å². The lowest BCUT2D eigenvalue weighted by molar-refractivity contribution is -0.360. The molecule has 19 atom stereocenters. The van der Waals surface area contributed by atoms with Crippen LogP contribution in [0.25, 0.3) is 0 Å². The molecule has 0 bridgehead atoms. The molecule has 3 fully saturated rings. The summed E-state index contributed by atoms with van der Waals surface area (Å²) in [6.07, 6.45) is 10.3. The largest absolute Gasteiger partial charge is 0.472 e. The van der Waals surface area contributed by atoms with Crippen molar-refractivity contribution in [1.29, 1.82) is 0 Å². The van der Waals surface area contributed by atoms with Gasteiger partial charge in [0.05, 0.1) is 13.2 Å². The minimum Gasteiger partial charge on any atom is -0.463 e. The van der Waals surface area contributed by atoms with Gasteiger partial charge in [-0.25, -0.2) is 4.57 Å². The normalized spacial score (nSPS) is 27.9. The molecule has 3 rings (SSSR count). The first kappa shape index (κ1) is 90.2. The van der Waals surface area contributed by atoms with Crippen LogP contribution in [-0.2, 0) is 61.2 Å². The van der Waals surface area contributed by atoms with E-state index in [4.69, 9.17) is 42.2 Å². The summed E-state index contributed by atoms with van der Waals surface area (Å²) in [5, 5.41) is 110. The number of aliphatic hydroxyl groups excluding tert-OH is 10. The topological polar surface area (TPSA) is 374 Å². The maximum Gasteiger partial charge on any atom is 0.472 e. The minimum atomic E-state index is -5.69. The molecule has 11 N–H and O–H groups in total. The quantitative estimate of drug-likeness (QED) is 0.0117. The number of phosphoric ester groups is 1. The first-order chi connectivity index (χ1) is 47.2. The van der Waals surface area contributed by atoms with Gasteiger partial charge >= 0.3 is 25.7 Å². The summed E-state index contributed by atoms with van der Waals surface area (Å²) in [5.41, 5.74) is 0. The van der Waals surface area contributed by atoms with Gasteiger partial charge in [-0.2, -0.15) is 0 Å². The van der Waals surface area contributed by atoms with E-state index >= 15 is 0 Å². The Hall–Kier alpha value is -2.04. The van der Waals surface area contributed by atoms with Crippen LogP contribution in [0.4, 0.5) is 0 Å². The summed E-state index contributed by atoms with van der Waals surface area (Å²) in [6, 6.07) is 0. The number of rotatable bonds is 60. The third-order valence-corrected chi connectivity index (χ3v) is 20.5. The number of ether oxygens (including phenoxy) is 7. The van der Waals surface area contributed by atoms with Crippen LogP contribution in [0.3, 0.4) is 0 Å². The minimum absolute atomic E-state index is 0.0310. The van der Waals surface area contributed by atoms with E-state index in [0.29, 0.717) is 25.2 Å². The summed E-state index contributed by atoms with van der Waals surface area (Å²) < 4.78 is 65.1. The van der Waals surface area contributed by atoms with Crippen LogP contribution >= 0.6 is 7.82 Å². The molecule has 0 aromatic carbocycles. The number of phosphoric acid groups is 1. The van der Waals surface area contributed by atoms with Crippen LogP contribution in [-0.4, -0.2) is 204 Å². The van der Waals surface area contributed by atoms with Crippen molar-refractivity contribution in [2.45, 2.75) is 414 Å². The molecule has 2 aliphatic heterocycles. The third kappa shape index (κ3) is 37.6. The van der Waals surface area contributed by atoms with Crippen molar-refractivity contribution in [3.8, 4) is 0 Å². The summed E-state index contributed by atoms with van der Waals surface area (Å²) in [5.74, 6) is -1.28. The molecule has 0 amide bonds. The number of esters is 3. The summed E-state index contributed by atoms with van der Waals surface area (Å²) >= 11 is 0. The maximum absolute atomic E-state index is 14.3. The van der Waals surface area contributed by atoms with Gasteiger partial charge in [-0.05, 0) is 25.2 Å². The molecule has 1 saturated carbocycles. The highest BCUT2D eigenvalue weighted by Crippen LogP contribution is 2.49. The Morgan fingerprint density at radius 2 is 0.714 bits per heavy atom. The molecule has 1 aliphatic carbocycles. The van der Waals surface area contributed by atoms with Gasteiger partial charge in [0.1, 0.15) is 98.7 Å². The van der Waals surface area contributed by atoms with Crippen LogP contribution < -0.4 is 0 Å². The van der Waals surface area contributed by atoms with Gasteiger partial charge in [0, 0.05) is 19.3 Å². The zero-order chi connectivity index (χ0) is 71.9. The second-order valence-corrected chi connectivity index (χ2v) is 29.8. The molecule has 24 nitrogen and oxygen atoms in total. The standard InChI is InChI=1S/C73H137O24P/c1-5-8-11-14-17-19-21-22-23-24-25-27-28-30-36-41-46-57(75)89-50-54(92-59(77)48-43-38-31-29-26-20-18-15-12-9-6-2)51-91-98(87,88)97-71-69(95-72-67(85)62(80)60(78)55(49-74)93-72)65(83)64(82)66(84)70(71)96-73-68(86)63(81)61(79)56(94-73)52-90-58(76)47-42-37-33-32-35-40-45-53(4)44-39-34-16-13-10-7-3/h53-56,60-74,78-86H,5-52H2,1-4H3,(H,87,88). The van der Waals surface area contributed by atoms with Crippen molar-refractivity contribution in [3.05, 3.63) is 0 Å². The first-order valence-corrected chi connectivity index (χ1v) is 40.2. The van der Waals surface area contributed by atoms with Gasteiger partial charge in [0.15, 0.2) is 18.7 Å². The van der Waals surface area contributed by atoms with Crippen molar-refractivity contribution in [1.82, 2.24) is 0 Å². The maximum atomic E-state index is 14.3. The van der Waals surface area contributed by atoms with Gasteiger partial charge in [-0.1, -0.05) is 272 Å². The lowest BCUT2D eigenvalue weighted by Gasteiger charge is -2.49. The van der Waals surface area contributed by atoms with Crippen molar-refractivity contribution in [2.24, 2.45) is 5.92 Å². The van der Waals surface area contributed by atoms with Crippen molar-refractivity contribution < 1.29 is 117 Å². The fourth-order valence-electron chi connectivity index (χ4n) is 13.1. The molecular weight excluding hydrogens is 1290 g/mol. The summed E-state index contributed by atoms with van der Waals surface area (Å²) in [6.45, 7) is 5.78. The van der Waals surface area contributed by atoms with E-state index in [-0.39, 0.29) is 19.3 Å². The Morgan fingerprint density at radius 3 is 1.10 bits per heavy atom. The zero-order valence-corrected chi connectivity index (χ0v) is 61.4. The lowest BCUT2D eigenvalue weighted by atomic mass is 9.84. The van der Waals surface area contributed by atoms with Gasteiger partial charge in [-0.3, -0.25) is 23.4 Å². The second kappa shape index (κ2) is 54.6. The predicted molar refractivity (Wildman–Crippen MR) is 370 cm³/mol. The molecule has 25 heteroatoms. The number of hydrogen-bond donors (Lipinski definition) is 11. The van der Waals surface area contributed by atoms with Gasteiger partial charge < -0.3 is 89.1 Å². The number of carbonyl (C=O) groups is 3. The fourth-order valence-corrected chi connectivity index (χ4v) is 14.1. The third-order valence-electron chi connectivity index (χ3n) is 19.5. The van der Waals surface area contributed by atoms with Crippen molar-refractivity contribution in [2.75, 3.05) is 26.4 Å². The number of unbranched alkanes of at least 4 members (excludes halogenated alkanes) is 35. The highest BCUT2D eigenvalue weighted by molar-refractivity contribution is 7.47. The van der Waals surface area contributed by atoms with Gasteiger partial charge in [0.25, 0.3) is 0 Å². The Balaban J connectivity index is 1.72. The lowest BCUT2D eigenvalue weighted by Crippen LogP contribution is -2.69. The van der Waals surface area contributed by atoms with Crippen LogP contribution in [0.1, 0.15) is 310 Å². The molecular formula is C73H137O24P. The van der Waals surface area contributed by atoms with Gasteiger partial charge in [0.2, 0.25) is 0 Å². The average Bonchev–Trinajstić information content (AvgIpc) is 0.762. The van der Waals surface area contributed by atoms with E-state index in [2.05, 4.69) is 27.7 Å². The Morgan fingerprint density at radius 1 is 0.388 bits per heavy atom. The predicted octanol–water partition coefficient (Wildman–Crippen LogP) is 10.8. The smallest absolute Gasteiger partial charge is 0.463 e. The Kier molecular flexibility index (Phi) is 50.2. The van der Waals surface area contributed by atoms with Crippen LogP contribution in [0.15, 0.2) is 0 Å². The molecule has 98 heavy (non-hydrogen) atoms. The number of carbonyl (C=O) groups excluding carboxylic acids is 3. The van der Waals surface area contributed by atoms with Crippen LogP contribution in [0.2, 0.25) is 0 Å². The molecule has 2 saturated heterocycles. The van der Waals surface area contributed by atoms with E-state index in [1.165, 1.54) is 154 Å². The van der Waals surface area contributed by atoms with E-state index in [9.17, 15) is 74.9 Å². The van der Waals surface area contributed by atoms with Gasteiger partial charge in [-0.15, -0.1) is 0 Å². The molecule has 0 radical (unpaired) electrons. The van der Waals surface area contributed by atoms with E-state index in [1.807, 2.05) is 0 Å². The Labute approximate surface area is 587 Å². The molecule has 0 aromatic heterocycles. The molecule has 19 unspecified atom stereocenters. The average molecular weight is 1430 g/mol. The molecule has 2 heterocycles. The summed E-state index contributed by atoms with van der Waals surface area (Å²) in [4.78, 5) is 51.0. The SMILES string of the molecule is CCCCCCCCCCCCCCCCCCC(=O)OCC(COP(=O)(O)OC1C(OC2OC(CO)C(O)C(O)C2O)C(O)C(O)C(O)C1OC1OC(COC(=O)CCCCCCCCC(C)CCCCCCCC)C(O)C(O)C1O)OC(=O)CCCCCCCCCCCCC. The highest BCUT2D eigenvalue weighted by atomic mass is 31.2. The van der Waals surface area contributed by atoms with Crippen LogP contribution in [0, 0.1) is 5.92 Å². The molecule has 0 aromatic rings. The van der Waals surface area contributed by atoms with E-state index in [1.54, 1.807) is 0 Å². The van der Waals surface area contributed by atoms with Crippen LogP contribution in [0.5, 0.6) is 0 Å². The van der Waals surface area contributed by atoms with Crippen molar-refractivity contribution in [3.63, 3.8) is 0 Å². The Bertz CT molecular complexity index is 2050. The second-order valence-electron chi connectivity index (χ2n) is 28.4. The summed E-state index contributed by atoms with van der Waals surface area (Å²) in [7, 11) is -5.69. The molecule has 3 aliphatic rings. The number of hydrogen-bond acceptors (Lipinski definition) is 23. The highest BCUT2D eigenvalue weighted by Gasteiger charge is 2.58. The monoisotopic (exact) mass is 1430 g/mol. The molecule has 0 spiro atoms.